The lowest BCUT2D eigenvalue weighted by molar-refractivity contribution is -0.143. The minimum Gasteiger partial charge on any atom is -0.460 e. The van der Waals surface area contributed by atoms with E-state index in [4.69, 9.17) is 9.84 Å². The van der Waals surface area contributed by atoms with Gasteiger partial charge in [-0.15, -0.1) is 0 Å². The molecule has 5 heteroatoms. The van der Waals surface area contributed by atoms with E-state index in [1.807, 2.05) is 0 Å². The maximum Gasteiger partial charge on any atom is 0.331 e. The van der Waals surface area contributed by atoms with Crippen LogP contribution in [0.1, 0.15) is 13.8 Å². The highest BCUT2D eigenvalue weighted by Gasteiger charge is 2.02. The molecule has 0 fully saturated rings. The van der Waals surface area contributed by atoms with Crippen LogP contribution in [0.3, 0.4) is 0 Å². The van der Waals surface area contributed by atoms with Crippen LogP contribution in [0.2, 0.25) is 0 Å². The van der Waals surface area contributed by atoms with E-state index < -0.39 is 11.9 Å². The largest absolute Gasteiger partial charge is 0.460 e. The Labute approximate surface area is 82.3 Å². The van der Waals surface area contributed by atoms with Gasteiger partial charge in [0, 0.05) is 12.2 Å². The van der Waals surface area contributed by atoms with E-state index in [0.29, 0.717) is 0 Å². The normalized spacial score (nSPS) is 10.6. The summed E-state index contributed by atoms with van der Waals surface area (Å²) >= 11 is 0. The zero-order chi connectivity index (χ0) is 11.0. The third-order valence-corrected chi connectivity index (χ3v) is 1.04. The number of hydrogen-bond donors (Lipinski definition) is 1. The molecule has 0 aliphatic rings. The minimum atomic E-state index is -0.681. The Morgan fingerprint density at radius 2 is 1.86 bits per heavy atom. The fraction of sp³-hybridized carbons (Fsp3) is 0.556. The number of aliphatic hydroxyl groups excluding tert-OH is 1. The van der Waals surface area contributed by atoms with Gasteiger partial charge in [-0.1, -0.05) is 0 Å². The lowest BCUT2D eigenvalue weighted by Gasteiger charge is -2.03. The molecule has 5 nitrogen and oxygen atoms in total. The van der Waals surface area contributed by atoms with Crippen LogP contribution in [0.15, 0.2) is 12.2 Å². The minimum absolute atomic E-state index is 0.0810. The van der Waals surface area contributed by atoms with Gasteiger partial charge in [0.05, 0.1) is 12.7 Å². The number of carbonyl (C=O) groups excluding carboxylic acids is 2. The van der Waals surface area contributed by atoms with Crippen LogP contribution in [-0.4, -0.2) is 36.4 Å². The Balaban J connectivity index is 3.79. The summed E-state index contributed by atoms with van der Waals surface area (Å²) in [5, 5.41) is 8.32. The van der Waals surface area contributed by atoms with Crippen molar-refractivity contribution in [1.29, 1.82) is 0 Å². The maximum absolute atomic E-state index is 10.9. The fourth-order valence-corrected chi connectivity index (χ4v) is 0.602. The summed E-state index contributed by atoms with van der Waals surface area (Å²) in [6.45, 7) is 3.09. The summed E-state index contributed by atoms with van der Waals surface area (Å²) in [5.41, 5.74) is 0. The Hall–Kier alpha value is -1.36. The Bertz CT molecular complexity index is 219. The average Bonchev–Trinajstić information content (AvgIpc) is 2.10. The molecule has 0 aliphatic carbocycles. The first kappa shape index (κ1) is 12.6. The number of hydrogen-bond acceptors (Lipinski definition) is 5. The van der Waals surface area contributed by atoms with Crippen molar-refractivity contribution < 1.29 is 24.2 Å². The highest BCUT2D eigenvalue weighted by Crippen LogP contribution is 1.91. The van der Waals surface area contributed by atoms with Crippen LogP contribution in [0.25, 0.3) is 0 Å². The molecule has 0 rings (SSSR count). The summed E-state index contributed by atoms with van der Waals surface area (Å²) in [4.78, 5) is 21.6. The Morgan fingerprint density at radius 1 is 1.29 bits per heavy atom. The molecule has 14 heavy (non-hydrogen) atoms. The van der Waals surface area contributed by atoms with Gasteiger partial charge in [-0.25, -0.2) is 9.59 Å². The summed E-state index contributed by atoms with van der Waals surface area (Å²) < 4.78 is 9.19. The molecule has 0 spiro atoms. The quantitative estimate of drug-likeness (QED) is 0.503. The second-order valence-corrected chi connectivity index (χ2v) is 2.71. The van der Waals surface area contributed by atoms with E-state index in [0.717, 1.165) is 12.2 Å². The van der Waals surface area contributed by atoms with Gasteiger partial charge in [-0.05, 0) is 13.8 Å². The van der Waals surface area contributed by atoms with Crippen LogP contribution in [0, 0.1) is 0 Å². The van der Waals surface area contributed by atoms with Gasteiger partial charge in [-0.3, -0.25) is 0 Å². The number of aliphatic hydroxyl groups is 1. The van der Waals surface area contributed by atoms with Crippen molar-refractivity contribution in [2.75, 3.05) is 13.2 Å². The van der Waals surface area contributed by atoms with Gasteiger partial charge < -0.3 is 14.6 Å². The number of carbonyl (C=O) groups is 2. The molecule has 1 N–H and O–H groups in total. The zero-order valence-corrected chi connectivity index (χ0v) is 8.23. The molecule has 0 radical (unpaired) electrons. The molecule has 0 bridgehead atoms. The molecule has 0 aromatic rings. The van der Waals surface area contributed by atoms with Gasteiger partial charge in [0.25, 0.3) is 0 Å². The lowest BCUT2D eigenvalue weighted by Crippen LogP contribution is -2.10. The molecule has 0 saturated carbocycles. The molecule has 0 atom stereocenters. The molecule has 0 unspecified atom stereocenters. The molecule has 0 aliphatic heterocycles. The van der Waals surface area contributed by atoms with Crippen molar-refractivity contribution in [1.82, 2.24) is 0 Å². The summed E-state index contributed by atoms with van der Waals surface area (Å²) in [5.74, 6) is -1.28. The molecular weight excluding hydrogens is 188 g/mol. The molecule has 0 amide bonds. The first-order valence-electron chi connectivity index (χ1n) is 4.22. The molecule has 0 aromatic heterocycles. The molecule has 80 valence electrons. The predicted octanol–water partition coefficient (Wildman–Crippen LogP) is 0.0297. The van der Waals surface area contributed by atoms with Crippen molar-refractivity contribution in [2.24, 2.45) is 0 Å². The number of rotatable bonds is 5. The van der Waals surface area contributed by atoms with Crippen molar-refractivity contribution in [3.8, 4) is 0 Å². The Morgan fingerprint density at radius 3 is 2.36 bits per heavy atom. The summed E-state index contributed by atoms with van der Waals surface area (Å²) in [6.07, 6.45) is 1.72. The SMILES string of the molecule is CC(C)OC(=O)C=CC(=O)OCCO. The monoisotopic (exact) mass is 202 g/mol. The van der Waals surface area contributed by atoms with Crippen molar-refractivity contribution in [3.05, 3.63) is 12.2 Å². The molecule has 0 saturated heterocycles. The van der Waals surface area contributed by atoms with Crippen LogP contribution >= 0.6 is 0 Å². The van der Waals surface area contributed by atoms with Crippen LogP contribution in [0.5, 0.6) is 0 Å². The van der Waals surface area contributed by atoms with E-state index in [1.165, 1.54) is 0 Å². The topological polar surface area (TPSA) is 72.8 Å². The third-order valence-electron chi connectivity index (χ3n) is 1.04. The van der Waals surface area contributed by atoms with E-state index in [9.17, 15) is 9.59 Å². The third kappa shape index (κ3) is 7.30. The first-order chi connectivity index (χ1) is 6.56. The van der Waals surface area contributed by atoms with E-state index in [-0.39, 0.29) is 19.3 Å². The van der Waals surface area contributed by atoms with Crippen molar-refractivity contribution in [3.63, 3.8) is 0 Å². The van der Waals surface area contributed by atoms with Gasteiger partial charge in [-0.2, -0.15) is 0 Å². The second-order valence-electron chi connectivity index (χ2n) is 2.71. The van der Waals surface area contributed by atoms with Crippen LogP contribution in [0.4, 0.5) is 0 Å². The average molecular weight is 202 g/mol. The van der Waals surface area contributed by atoms with Crippen LogP contribution in [-0.2, 0) is 19.1 Å². The summed E-state index contributed by atoms with van der Waals surface area (Å²) in [7, 11) is 0. The van der Waals surface area contributed by atoms with E-state index in [2.05, 4.69) is 4.74 Å². The maximum atomic E-state index is 10.9. The summed E-state index contributed by atoms with van der Waals surface area (Å²) in [6, 6.07) is 0. The van der Waals surface area contributed by atoms with Gasteiger partial charge in [0.15, 0.2) is 0 Å². The molecule has 0 aromatic carbocycles. The Kier molecular flexibility index (Phi) is 6.39. The first-order valence-corrected chi connectivity index (χ1v) is 4.22. The van der Waals surface area contributed by atoms with Gasteiger partial charge in [0.1, 0.15) is 6.61 Å². The smallest absolute Gasteiger partial charge is 0.331 e. The zero-order valence-electron chi connectivity index (χ0n) is 8.23. The van der Waals surface area contributed by atoms with Crippen LogP contribution < -0.4 is 0 Å². The molecule has 0 heterocycles. The lowest BCUT2D eigenvalue weighted by atomic mass is 10.4. The van der Waals surface area contributed by atoms with E-state index in [1.54, 1.807) is 13.8 Å². The van der Waals surface area contributed by atoms with Gasteiger partial charge >= 0.3 is 11.9 Å². The molecular formula is C9H14O5. The van der Waals surface area contributed by atoms with Crippen molar-refractivity contribution >= 4 is 11.9 Å². The number of esters is 2. The highest BCUT2D eigenvalue weighted by molar-refractivity contribution is 5.91. The van der Waals surface area contributed by atoms with Crippen molar-refractivity contribution in [2.45, 2.75) is 20.0 Å². The second kappa shape index (κ2) is 7.08. The number of ether oxygens (including phenoxy) is 2. The fourth-order valence-electron chi connectivity index (χ4n) is 0.602. The van der Waals surface area contributed by atoms with Gasteiger partial charge in [0.2, 0.25) is 0 Å². The highest BCUT2D eigenvalue weighted by atomic mass is 16.5. The predicted molar refractivity (Wildman–Crippen MR) is 48.4 cm³/mol. The standard InChI is InChI=1S/C9H14O5/c1-7(2)14-9(12)4-3-8(11)13-6-5-10/h3-4,7,10H,5-6H2,1-2H3. The van der Waals surface area contributed by atoms with E-state index >= 15 is 0 Å².